The first kappa shape index (κ1) is 25.9. The molecule has 166 valence electrons. The quantitative estimate of drug-likeness (QED) is 0.189. The zero-order valence-electron chi connectivity index (χ0n) is 16.6. The van der Waals surface area contributed by atoms with E-state index in [-0.39, 0.29) is 42.2 Å². The number of nitrogens with one attached hydrogen (secondary N) is 1. The van der Waals surface area contributed by atoms with Crippen molar-refractivity contribution in [3.63, 3.8) is 0 Å². The Morgan fingerprint density at radius 2 is 1.93 bits per heavy atom. The average Bonchev–Trinajstić information content (AvgIpc) is 2.67. The first-order valence-electron chi connectivity index (χ1n) is 9.27. The van der Waals surface area contributed by atoms with Crippen LogP contribution in [0.25, 0.3) is 0 Å². The van der Waals surface area contributed by atoms with Crippen LogP contribution in [-0.4, -0.2) is 57.4 Å². The number of piperidine rings is 1. The molecule has 0 atom stereocenters. The van der Waals surface area contributed by atoms with Crippen LogP contribution in [0.5, 0.6) is 0 Å². The zero-order chi connectivity index (χ0) is 20.6. The Morgan fingerprint density at radius 1 is 1.24 bits per heavy atom. The Bertz CT molecular complexity index is 651. The molecule has 1 saturated heterocycles. The van der Waals surface area contributed by atoms with Gasteiger partial charge < -0.3 is 19.7 Å². The van der Waals surface area contributed by atoms with E-state index in [1.165, 1.54) is 0 Å². The Kier molecular flexibility index (Phi) is 11.2. The average molecular weight is 533 g/mol. The second-order valence-electron chi connectivity index (χ2n) is 6.60. The summed E-state index contributed by atoms with van der Waals surface area (Å²) in [7, 11) is 3.24. The lowest BCUT2D eigenvalue weighted by Gasteiger charge is -2.34. The fraction of sp³-hybridized carbons (Fsp3) is 0.632. The maximum absolute atomic E-state index is 13.2. The molecule has 0 radical (unpaired) electrons. The van der Waals surface area contributed by atoms with Crippen LogP contribution >= 0.6 is 24.0 Å². The summed E-state index contributed by atoms with van der Waals surface area (Å²) < 4.78 is 63.4. The van der Waals surface area contributed by atoms with Gasteiger partial charge in [-0.2, -0.15) is 13.2 Å². The van der Waals surface area contributed by atoms with E-state index in [4.69, 9.17) is 9.47 Å². The van der Waals surface area contributed by atoms with Crippen molar-refractivity contribution in [2.75, 3.05) is 40.5 Å². The highest BCUT2D eigenvalue weighted by atomic mass is 127. The van der Waals surface area contributed by atoms with Crippen LogP contribution < -0.4 is 5.32 Å². The molecule has 0 aliphatic carbocycles. The van der Waals surface area contributed by atoms with E-state index in [9.17, 15) is 17.6 Å². The number of nitrogens with zero attached hydrogens (tertiary/aromatic N) is 2. The first-order valence-corrected chi connectivity index (χ1v) is 9.27. The van der Waals surface area contributed by atoms with Crippen LogP contribution in [0.2, 0.25) is 0 Å². The minimum atomic E-state index is -4.61. The van der Waals surface area contributed by atoms with Gasteiger partial charge in [-0.25, -0.2) is 4.39 Å². The lowest BCUT2D eigenvalue weighted by atomic mass is 10.1. The van der Waals surface area contributed by atoms with Crippen molar-refractivity contribution in [3.05, 3.63) is 35.1 Å². The minimum Gasteiger partial charge on any atom is -0.385 e. The summed E-state index contributed by atoms with van der Waals surface area (Å²) in [5.41, 5.74) is -0.995. The molecule has 0 unspecified atom stereocenters. The summed E-state index contributed by atoms with van der Waals surface area (Å²) in [6, 6.07) is 2.70. The number of alkyl halides is 3. The number of aliphatic imine (C=N–C) groups is 1. The van der Waals surface area contributed by atoms with Crippen molar-refractivity contribution in [1.82, 2.24) is 10.2 Å². The summed E-state index contributed by atoms with van der Waals surface area (Å²) in [6.45, 7) is 2.62. The van der Waals surface area contributed by atoms with E-state index in [2.05, 4.69) is 10.3 Å². The molecule has 1 heterocycles. The predicted molar refractivity (Wildman–Crippen MR) is 114 cm³/mol. The maximum atomic E-state index is 13.2. The van der Waals surface area contributed by atoms with Gasteiger partial charge in [0.05, 0.1) is 11.7 Å². The molecule has 1 aliphatic heterocycles. The monoisotopic (exact) mass is 533 g/mol. The van der Waals surface area contributed by atoms with Crippen LogP contribution in [-0.2, 0) is 22.2 Å². The Hall–Kier alpha value is -1.14. The second kappa shape index (κ2) is 12.5. The molecule has 1 aromatic carbocycles. The van der Waals surface area contributed by atoms with Crippen LogP contribution in [0.1, 0.15) is 30.4 Å². The fourth-order valence-corrected chi connectivity index (χ4v) is 3.16. The van der Waals surface area contributed by atoms with E-state index in [0.29, 0.717) is 38.3 Å². The zero-order valence-corrected chi connectivity index (χ0v) is 18.9. The van der Waals surface area contributed by atoms with Gasteiger partial charge in [-0.3, -0.25) is 4.99 Å². The van der Waals surface area contributed by atoms with Crippen molar-refractivity contribution in [2.24, 2.45) is 4.99 Å². The number of methoxy groups -OCH3 is 1. The van der Waals surface area contributed by atoms with E-state index in [1.54, 1.807) is 14.2 Å². The van der Waals surface area contributed by atoms with Gasteiger partial charge in [0.1, 0.15) is 5.82 Å². The maximum Gasteiger partial charge on any atom is 0.416 e. The molecular formula is C19H28F4IN3O2. The number of benzene rings is 1. The van der Waals surface area contributed by atoms with E-state index in [1.807, 2.05) is 4.90 Å². The molecule has 5 nitrogen and oxygen atoms in total. The summed E-state index contributed by atoms with van der Waals surface area (Å²) in [5.74, 6) is -0.386. The van der Waals surface area contributed by atoms with Gasteiger partial charge in [0, 0.05) is 47.0 Å². The number of rotatable bonds is 7. The molecule has 0 spiro atoms. The van der Waals surface area contributed by atoms with Gasteiger partial charge in [0.15, 0.2) is 5.96 Å². The molecule has 1 N–H and O–H groups in total. The van der Waals surface area contributed by atoms with Gasteiger partial charge in [-0.1, -0.05) is 6.07 Å². The number of likely N-dealkylation sites (tertiary alicyclic amines) is 1. The number of hydrogen-bond donors (Lipinski definition) is 1. The molecule has 1 aromatic rings. The second-order valence-corrected chi connectivity index (χ2v) is 6.60. The van der Waals surface area contributed by atoms with Crippen molar-refractivity contribution in [3.8, 4) is 0 Å². The third kappa shape index (κ3) is 8.25. The number of hydrogen-bond acceptors (Lipinski definition) is 3. The van der Waals surface area contributed by atoms with Crippen LogP contribution in [0.4, 0.5) is 17.6 Å². The molecule has 0 aromatic heterocycles. The van der Waals surface area contributed by atoms with Crippen LogP contribution in [0.15, 0.2) is 23.2 Å². The van der Waals surface area contributed by atoms with Crippen molar-refractivity contribution in [2.45, 2.75) is 38.1 Å². The predicted octanol–water partition coefficient (Wildman–Crippen LogP) is 4.06. The van der Waals surface area contributed by atoms with Crippen molar-refractivity contribution < 1.29 is 27.0 Å². The molecule has 10 heteroatoms. The summed E-state index contributed by atoms with van der Waals surface area (Å²) in [5, 5.41) is 2.96. The molecule has 0 amide bonds. The van der Waals surface area contributed by atoms with E-state index < -0.39 is 17.6 Å². The van der Waals surface area contributed by atoms with Gasteiger partial charge >= 0.3 is 6.18 Å². The highest BCUT2D eigenvalue weighted by molar-refractivity contribution is 14.0. The third-order valence-corrected chi connectivity index (χ3v) is 4.61. The molecule has 29 heavy (non-hydrogen) atoms. The van der Waals surface area contributed by atoms with Crippen LogP contribution in [0, 0.1) is 5.82 Å². The number of guanidine groups is 1. The van der Waals surface area contributed by atoms with Crippen LogP contribution in [0.3, 0.4) is 0 Å². The van der Waals surface area contributed by atoms with Gasteiger partial charge in [-0.15, -0.1) is 24.0 Å². The van der Waals surface area contributed by atoms with Crippen molar-refractivity contribution in [1.29, 1.82) is 0 Å². The third-order valence-electron chi connectivity index (χ3n) is 4.61. The van der Waals surface area contributed by atoms with Gasteiger partial charge in [-0.05, 0) is 37.0 Å². The van der Waals surface area contributed by atoms with Crippen molar-refractivity contribution >= 4 is 29.9 Å². The lowest BCUT2D eigenvalue weighted by Crippen LogP contribution is -2.46. The summed E-state index contributed by atoms with van der Waals surface area (Å²) >= 11 is 0. The Morgan fingerprint density at radius 3 is 2.52 bits per heavy atom. The molecule has 1 aliphatic rings. The summed E-state index contributed by atoms with van der Waals surface area (Å²) in [6.07, 6.45) is -1.96. The Labute approximate surface area is 185 Å². The lowest BCUT2D eigenvalue weighted by molar-refractivity contribution is -0.138. The SMILES string of the molecule is CN=C(NCc1ccc(F)cc1C(F)(F)F)N1CCC(OCCCOC)CC1.I. The normalized spacial score (nSPS) is 15.9. The standard InChI is InChI=1S/C19H27F4N3O2.HI/c1-24-18(26-8-6-16(7-9-26)28-11-3-10-27-2)25-13-14-4-5-15(20)12-17(14)19(21,22)23;/h4-5,12,16H,3,6-11,13H2,1-2H3,(H,24,25);1H. The smallest absolute Gasteiger partial charge is 0.385 e. The largest absolute Gasteiger partial charge is 0.416 e. The molecule has 0 saturated carbocycles. The minimum absolute atomic E-state index is 0. The number of halogens is 5. The first-order chi connectivity index (χ1) is 13.3. The molecule has 0 bridgehead atoms. The number of ether oxygens (including phenoxy) is 2. The highest BCUT2D eigenvalue weighted by Crippen LogP contribution is 2.32. The van der Waals surface area contributed by atoms with Gasteiger partial charge in [0.2, 0.25) is 0 Å². The van der Waals surface area contributed by atoms with Gasteiger partial charge in [0.25, 0.3) is 0 Å². The van der Waals surface area contributed by atoms with E-state index in [0.717, 1.165) is 31.4 Å². The fourth-order valence-electron chi connectivity index (χ4n) is 3.16. The van der Waals surface area contributed by atoms with E-state index >= 15 is 0 Å². The molecular weight excluding hydrogens is 505 g/mol. The molecule has 2 rings (SSSR count). The molecule has 1 fully saturated rings. The Balaban J connectivity index is 0.00000420. The highest BCUT2D eigenvalue weighted by Gasteiger charge is 2.33. The summed E-state index contributed by atoms with van der Waals surface area (Å²) in [4.78, 5) is 6.16. The topological polar surface area (TPSA) is 46.1 Å².